The van der Waals surface area contributed by atoms with Crippen molar-refractivity contribution in [2.45, 2.75) is 12.3 Å². The number of likely N-dealkylation sites (tertiary alicyclic amines) is 1. The number of alkyl halides is 3. The number of carbonyl (C=O) groups excluding carboxylic acids is 1. The third-order valence-corrected chi connectivity index (χ3v) is 2.22. The Morgan fingerprint density at radius 1 is 1.47 bits per heavy atom. The molecule has 2 rings (SSSR count). The molecule has 0 saturated carbocycles. The summed E-state index contributed by atoms with van der Waals surface area (Å²) >= 11 is 0. The predicted octanol–water partition coefficient (Wildman–Crippen LogP) is 0.715. The second kappa shape index (κ2) is 4.19. The second-order valence-electron chi connectivity index (χ2n) is 3.52. The van der Waals surface area contributed by atoms with Crippen LogP contribution in [0.15, 0.2) is 12.3 Å². The van der Waals surface area contributed by atoms with Crippen molar-refractivity contribution in [3.05, 3.63) is 18.0 Å². The molecule has 5 nitrogen and oxygen atoms in total. The molecule has 1 saturated heterocycles. The number of carbonyl (C=O) groups is 1. The number of halogens is 3. The molecule has 0 aromatic carbocycles. The Kier molecular flexibility index (Phi) is 2.86. The van der Waals surface area contributed by atoms with E-state index in [0.717, 1.165) is 12.3 Å². The lowest BCUT2D eigenvalue weighted by atomic mass is 10.2. The van der Waals surface area contributed by atoms with Crippen LogP contribution in [0.3, 0.4) is 0 Å². The van der Waals surface area contributed by atoms with E-state index in [9.17, 15) is 18.0 Å². The zero-order chi connectivity index (χ0) is 12.5. The Bertz CT molecular complexity index is 418. The molecule has 1 amide bonds. The van der Waals surface area contributed by atoms with Crippen molar-refractivity contribution >= 4 is 6.41 Å². The maximum atomic E-state index is 12.3. The minimum atomic E-state index is -4.52. The van der Waals surface area contributed by atoms with Gasteiger partial charge in [0.15, 0.2) is 5.69 Å². The highest BCUT2D eigenvalue weighted by Gasteiger charge is 2.34. The lowest BCUT2D eigenvalue weighted by Crippen LogP contribution is -2.53. The quantitative estimate of drug-likeness (QED) is 0.738. The molecule has 0 aliphatic carbocycles. The van der Waals surface area contributed by atoms with Crippen LogP contribution in [0.1, 0.15) is 5.69 Å². The Labute approximate surface area is 94.2 Å². The maximum Gasteiger partial charge on any atom is 0.433 e. The van der Waals surface area contributed by atoms with Crippen molar-refractivity contribution in [1.82, 2.24) is 14.9 Å². The van der Waals surface area contributed by atoms with E-state index >= 15 is 0 Å². The molecule has 1 aromatic rings. The monoisotopic (exact) mass is 247 g/mol. The van der Waals surface area contributed by atoms with Crippen LogP contribution in [0.25, 0.3) is 0 Å². The predicted molar refractivity (Wildman–Crippen MR) is 49.1 cm³/mol. The van der Waals surface area contributed by atoms with Gasteiger partial charge in [-0.3, -0.25) is 4.79 Å². The molecule has 8 heteroatoms. The van der Waals surface area contributed by atoms with Gasteiger partial charge in [-0.1, -0.05) is 0 Å². The molecule has 0 radical (unpaired) electrons. The first-order valence-corrected chi connectivity index (χ1v) is 4.75. The summed E-state index contributed by atoms with van der Waals surface area (Å²) in [6, 6.07) is 0.445. The van der Waals surface area contributed by atoms with E-state index in [4.69, 9.17) is 4.74 Å². The van der Waals surface area contributed by atoms with Gasteiger partial charge < -0.3 is 9.64 Å². The van der Waals surface area contributed by atoms with Crippen LogP contribution in [0.2, 0.25) is 0 Å². The van der Waals surface area contributed by atoms with Gasteiger partial charge in [0.2, 0.25) is 6.41 Å². The first-order valence-electron chi connectivity index (χ1n) is 4.75. The summed E-state index contributed by atoms with van der Waals surface area (Å²) in [5, 5.41) is 0. The SMILES string of the molecule is O=CN1CC(Oc2nccc(C(F)(F)F)n2)C1. The average molecular weight is 247 g/mol. The first-order chi connectivity index (χ1) is 7.99. The van der Waals surface area contributed by atoms with Gasteiger partial charge in [-0.05, 0) is 6.07 Å². The van der Waals surface area contributed by atoms with E-state index in [1.807, 2.05) is 0 Å². The molecule has 0 N–H and O–H groups in total. The number of aromatic nitrogens is 2. The normalized spacial score (nSPS) is 16.5. The summed E-state index contributed by atoms with van der Waals surface area (Å²) in [5.74, 6) is 0. The van der Waals surface area contributed by atoms with Gasteiger partial charge >= 0.3 is 12.2 Å². The number of rotatable bonds is 3. The smallest absolute Gasteiger partial charge is 0.433 e. The topological polar surface area (TPSA) is 55.3 Å². The number of amides is 1. The molecule has 0 unspecified atom stereocenters. The maximum absolute atomic E-state index is 12.3. The van der Waals surface area contributed by atoms with E-state index < -0.39 is 11.9 Å². The van der Waals surface area contributed by atoms with Gasteiger partial charge in [-0.25, -0.2) is 4.98 Å². The van der Waals surface area contributed by atoms with Crippen molar-refractivity contribution in [3.8, 4) is 6.01 Å². The average Bonchev–Trinajstić information content (AvgIpc) is 2.22. The molecule has 92 valence electrons. The van der Waals surface area contributed by atoms with Crippen molar-refractivity contribution < 1.29 is 22.7 Å². The third kappa shape index (κ3) is 2.63. The summed E-state index contributed by atoms with van der Waals surface area (Å²) in [4.78, 5) is 18.5. The highest BCUT2D eigenvalue weighted by atomic mass is 19.4. The fourth-order valence-electron chi connectivity index (χ4n) is 1.33. The van der Waals surface area contributed by atoms with E-state index in [1.54, 1.807) is 0 Å². The molecule has 2 heterocycles. The van der Waals surface area contributed by atoms with E-state index in [1.165, 1.54) is 4.90 Å². The summed E-state index contributed by atoms with van der Waals surface area (Å²) in [5.41, 5.74) is -1.05. The van der Waals surface area contributed by atoms with Crippen LogP contribution in [0.5, 0.6) is 6.01 Å². The lowest BCUT2D eigenvalue weighted by Gasteiger charge is -2.35. The van der Waals surface area contributed by atoms with Gasteiger partial charge in [-0.2, -0.15) is 18.2 Å². The Balaban J connectivity index is 2.00. The molecule has 0 atom stereocenters. The van der Waals surface area contributed by atoms with Crippen molar-refractivity contribution in [2.75, 3.05) is 13.1 Å². The molecule has 0 spiro atoms. The molecule has 1 aromatic heterocycles. The fourth-order valence-corrected chi connectivity index (χ4v) is 1.33. The minimum absolute atomic E-state index is 0.324. The molecule has 1 aliphatic rings. The van der Waals surface area contributed by atoms with Crippen LogP contribution in [-0.4, -0.2) is 40.5 Å². The van der Waals surface area contributed by atoms with E-state index in [2.05, 4.69) is 9.97 Å². The highest BCUT2D eigenvalue weighted by Crippen LogP contribution is 2.28. The number of hydrogen-bond acceptors (Lipinski definition) is 4. The molecule has 1 fully saturated rings. The van der Waals surface area contributed by atoms with Gasteiger partial charge in [0.25, 0.3) is 0 Å². The van der Waals surface area contributed by atoms with Crippen molar-refractivity contribution in [1.29, 1.82) is 0 Å². The summed E-state index contributed by atoms with van der Waals surface area (Å²) in [6.45, 7) is 0.673. The molecular formula is C9H8F3N3O2. The first kappa shape index (κ1) is 11.6. The largest absolute Gasteiger partial charge is 0.456 e. The second-order valence-corrected chi connectivity index (χ2v) is 3.52. The van der Waals surface area contributed by atoms with Crippen molar-refractivity contribution in [3.63, 3.8) is 0 Å². The zero-order valence-electron chi connectivity index (χ0n) is 8.52. The number of hydrogen-bond donors (Lipinski definition) is 0. The van der Waals surface area contributed by atoms with Gasteiger partial charge in [-0.15, -0.1) is 0 Å². The third-order valence-electron chi connectivity index (χ3n) is 2.22. The Morgan fingerprint density at radius 2 is 2.18 bits per heavy atom. The number of nitrogens with zero attached hydrogens (tertiary/aromatic N) is 3. The van der Waals surface area contributed by atoms with Crippen LogP contribution >= 0.6 is 0 Å². The molecule has 1 aliphatic heterocycles. The number of ether oxygens (including phenoxy) is 1. The van der Waals surface area contributed by atoms with Gasteiger partial charge in [0, 0.05) is 6.20 Å². The molecule has 0 bridgehead atoms. The summed E-state index contributed by atoms with van der Waals surface area (Å²) in [6.07, 6.45) is -3.23. The summed E-state index contributed by atoms with van der Waals surface area (Å²) < 4.78 is 42.0. The van der Waals surface area contributed by atoms with E-state index in [0.29, 0.717) is 19.5 Å². The van der Waals surface area contributed by atoms with Crippen LogP contribution in [0, 0.1) is 0 Å². The van der Waals surface area contributed by atoms with Crippen LogP contribution in [0.4, 0.5) is 13.2 Å². The minimum Gasteiger partial charge on any atom is -0.456 e. The van der Waals surface area contributed by atoms with Gasteiger partial charge in [0.05, 0.1) is 13.1 Å². The van der Waals surface area contributed by atoms with Crippen LogP contribution < -0.4 is 4.74 Å². The van der Waals surface area contributed by atoms with E-state index in [-0.39, 0.29) is 12.1 Å². The Hall–Kier alpha value is -1.86. The lowest BCUT2D eigenvalue weighted by molar-refractivity contribution is -0.141. The van der Waals surface area contributed by atoms with Crippen molar-refractivity contribution in [2.24, 2.45) is 0 Å². The molecular weight excluding hydrogens is 239 g/mol. The zero-order valence-corrected chi connectivity index (χ0v) is 8.52. The standard InChI is InChI=1S/C9H8F3N3O2/c10-9(11,12)7-1-2-13-8(14-7)17-6-3-15(4-6)5-16/h1-2,5-6H,3-4H2. The highest BCUT2D eigenvalue weighted by molar-refractivity contribution is 5.48. The Morgan fingerprint density at radius 3 is 2.76 bits per heavy atom. The van der Waals surface area contributed by atoms with Crippen LogP contribution in [-0.2, 0) is 11.0 Å². The fraction of sp³-hybridized carbons (Fsp3) is 0.444. The van der Waals surface area contributed by atoms with Gasteiger partial charge in [0.1, 0.15) is 6.10 Å². The molecule has 17 heavy (non-hydrogen) atoms. The summed E-state index contributed by atoms with van der Waals surface area (Å²) in [7, 11) is 0.